The molecule has 0 aromatic heterocycles. The van der Waals surface area contributed by atoms with Crippen molar-refractivity contribution in [1.82, 2.24) is 0 Å². The zero-order valence-corrected chi connectivity index (χ0v) is 13.1. The van der Waals surface area contributed by atoms with E-state index in [0.717, 1.165) is 24.8 Å². The van der Waals surface area contributed by atoms with Crippen LogP contribution in [0.5, 0.6) is 5.75 Å². The molecule has 4 heteroatoms. The van der Waals surface area contributed by atoms with Crippen molar-refractivity contribution in [2.75, 3.05) is 0 Å². The summed E-state index contributed by atoms with van der Waals surface area (Å²) >= 11 is 6.08. The van der Waals surface area contributed by atoms with E-state index in [0.29, 0.717) is 5.02 Å². The minimum Gasteiger partial charge on any atom is -0.508 e. The molecule has 0 saturated carbocycles. The van der Waals surface area contributed by atoms with Crippen LogP contribution in [0.15, 0.2) is 48.5 Å². The second-order valence-corrected chi connectivity index (χ2v) is 5.31. The van der Waals surface area contributed by atoms with Crippen LogP contribution >= 0.6 is 11.6 Å². The molecule has 0 aliphatic heterocycles. The van der Waals surface area contributed by atoms with Gasteiger partial charge in [0.2, 0.25) is 0 Å². The number of unbranched alkanes of at least 4 members (excludes halogenated alkanes) is 2. The first-order valence-electron chi connectivity index (χ1n) is 7.18. The largest absolute Gasteiger partial charge is 0.508 e. The molecule has 3 nitrogen and oxygen atoms in total. The van der Waals surface area contributed by atoms with E-state index in [1.165, 1.54) is 18.4 Å². The second kappa shape index (κ2) is 10.6. The summed E-state index contributed by atoms with van der Waals surface area (Å²) in [5, 5.41) is 9.96. The van der Waals surface area contributed by atoms with Gasteiger partial charge in [-0.15, -0.1) is 0 Å². The molecule has 0 aliphatic rings. The maximum Gasteiger partial charge on any atom is 0.373 e. The third-order valence-electron chi connectivity index (χ3n) is 3.29. The van der Waals surface area contributed by atoms with Crippen LogP contribution in [-0.4, -0.2) is 11.3 Å². The summed E-state index contributed by atoms with van der Waals surface area (Å²) in [5.74, 6) is 0.234. The topological polar surface area (TPSA) is 54.4 Å². The number of hydrogen-bond donors (Lipinski definition) is 1. The van der Waals surface area contributed by atoms with Crippen LogP contribution in [0.25, 0.3) is 0 Å². The van der Waals surface area contributed by atoms with Crippen molar-refractivity contribution < 1.29 is 14.7 Å². The SMILES string of the molecule is O=C=O.Oc1ccc(CCCCCc2ccccc2)c(Cl)c1. The third kappa shape index (κ3) is 7.07. The van der Waals surface area contributed by atoms with Gasteiger partial charge >= 0.3 is 6.15 Å². The van der Waals surface area contributed by atoms with Crippen LogP contribution in [0.3, 0.4) is 0 Å². The summed E-state index contributed by atoms with van der Waals surface area (Å²) in [7, 11) is 0. The van der Waals surface area contributed by atoms with Gasteiger partial charge in [0.25, 0.3) is 0 Å². The number of rotatable bonds is 6. The van der Waals surface area contributed by atoms with E-state index in [-0.39, 0.29) is 11.9 Å². The number of aryl methyl sites for hydroxylation is 2. The molecular formula is C18H19ClO3. The van der Waals surface area contributed by atoms with Crippen molar-refractivity contribution in [1.29, 1.82) is 0 Å². The molecular weight excluding hydrogens is 300 g/mol. The molecule has 0 fully saturated rings. The fourth-order valence-corrected chi connectivity index (χ4v) is 2.47. The Bertz CT molecular complexity index is 591. The van der Waals surface area contributed by atoms with Gasteiger partial charge < -0.3 is 5.11 Å². The van der Waals surface area contributed by atoms with Gasteiger partial charge in [0.1, 0.15) is 5.75 Å². The lowest BCUT2D eigenvalue weighted by molar-refractivity contribution is -0.191. The van der Waals surface area contributed by atoms with Gasteiger partial charge in [0.15, 0.2) is 0 Å². The minimum atomic E-state index is 0.234. The van der Waals surface area contributed by atoms with Gasteiger partial charge in [-0.3, -0.25) is 0 Å². The van der Waals surface area contributed by atoms with E-state index in [1.807, 2.05) is 6.07 Å². The van der Waals surface area contributed by atoms with Crippen molar-refractivity contribution >= 4 is 17.8 Å². The molecule has 0 aliphatic carbocycles. The molecule has 0 atom stereocenters. The van der Waals surface area contributed by atoms with Crippen molar-refractivity contribution in [2.45, 2.75) is 32.1 Å². The number of carbonyl (C=O) groups excluding carboxylic acids is 2. The standard InChI is InChI=1S/C17H19ClO.CO2/c18-17-13-16(19)12-11-15(17)10-6-2-5-9-14-7-3-1-4-8-14;2-1-3/h1,3-4,7-8,11-13,19H,2,5-6,9-10H2;. The zero-order chi connectivity index (χ0) is 16.2. The van der Waals surface area contributed by atoms with Gasteiger partial charge in [-0.2, -0.15) is 9.59 Å². The van der Waals surface area contributed by atoms with Crippen LogP contribution in [0.1, 0.15) is 30.4 Å². The number of phenols is 1. The first-order chi connectivity index (χ1) is 10.7. The summed E-state index contributed by atoms with van der Waals surface area (Å²) in [6, 6.07) is 15.8. The molecule has 1 N–H and O–H groups in total. The lowest BCUT2D eigenvalue weighted by atomic mass is 10.0. The Balaban J connectivity index is 0.000000745. The van der Waals surface area contributed by atoms with Crippen molar-refractivity contribution in [3.8, 4) is 5.75 Å². The Morgan fingerprint density at radius 3 is 2.18 bits per heavy atom. The van der Waals surface area contributed by atoms with Gasteiger partial charge in [-0.25, -0.2) is 0 Å². The Kier molecular flexibility index (Phi) is 8.66. The highest BCUT2D eigenvalue weighted by Gasteiger charge is 2.01. The lowest BCUT2D eigenvalue weighted by Gasteiger charge is -2.05. The van der Waals surface area contributed by atoms with Gasteiger partial charge in [0, 0.05) is 5.02 Å². The molecule has 2 aromatic rings. The highest BCUT2D eigenvalue weighted by atomic mass is 35.5. The molecule has 0 unspecified atom stereocenters. The number of aromatic hydroxyl groups is 1. The van der Waals surface area contributed by atoms with Crippen LogP contribution < -0.4 is 0 Å². The smallest absolute Gasteiger partial charge is 0.373 e. The molecule has 2 aromatic carbocycles. The minimum absolute atomic E-state index is 0.234. The predicted molar refractivity (Wildman–Crippen MR) is 85.8 cm³/mol. The first kappa shape index (κ1) is 18.0. The molecule has 0 bridgehead atoms. The maximum absolute atomic E-state index is 9.29. The molecule has 0 radical (unpaired) electrons. The lowest BCUT2D eigenvalue weighted by Crippen LogP contribution is -1.89. The van der Waals surface area contributed by atoms with E-state index in [9.17, 15) is 5.11 Å². The fraction of sp³-hybridized carbons (Fsp3) is 0.278. The average Bonchev–Trinajstić information content (AvgIpc) is 2.51. The van der Waals surface area contributed by atoms with Crippen molar-refractivity contribution in [3.63, 3.8) is 0 Å². The maximum atomic E-state index is 9.29. The fourth-order valence-electron chi connectivity index (χ4n) is 2.21. The Morgan fingerprint density at radius 1 is 0.909 bits per heavy atom. The predicted octanol–water partition coefficient (Wildman–Crippen LogP) is 4.42. The Hall–Kier alpha value is -2.09. The van der Waals surface area contributed by atoms with Crippen molar-refractivity contribution in [2.24, 2.45) is 0 Å². The van der Waals surface area contributed by atoms with E-state index in [1.54, 1.807) is 12.1 Å². The van der Waals surface area contributed by atoms with Crippen LogP contribution in [-0.2, 0) is 22.4 Å². The van der Waals surface area contributed by atoms with Gasteiger partial charge in [-0.1, -0.05) is 54.4 Å². The van der Waals surface area contributed by atoms with E-state index in [4.69, 9.17) is 21.2 Å². The van der Waals surface area contributed by atoms with Gasteiger partial charge in [0.05, 0.1) is 0 Å². The summed E-state index contributed by atoms with van der Waals surface area (Å²) in [5.41, 5.74) is 2.53. The third-order valence-corrected chi connectivity index (χ3v) is 3.64. The van der Waals surface area contributed by atoms with Crippen LogP contribution in [0.4, 0.5) is 0 Å². The van der Waals surface area contributed by atoms with E-state index in [2.05, 4.69) is 30.3 Å². The highest BCUT2D eigenvalue weighted by molar-refractivity contribution is 6.31. The number of benzene rings is 2. The van der Waals surface area contributed by atoms with Crippen molar-refractivity contribution in [3.05, 3.63) is 64.7 Å². The molecule has 22 heavy (non-hydrogen) atoms. The molecule has 0 amide bonds. The van der Waals surface area contributed by atoms with Gasteiger partial charge in [-0.05, 0) is 48.9 Å². The summed E-state index contributed by atoms with van der Waals surface area (Å²) in [6.07, 6.45) is 5.92. The Labute approximate surface area is 135 Å². The molecule has 0 spiro atoms. The quantitative estimate of drug-likeness (QED) is 0.802. The summed E-state index contributed by atoms with van der Waals surface area (Å²) < 4.78 is 0. The normalized spacial score (nSPS) is 9.50. The number of halogens is 1. The molecule has 0 heterocycles. The second-order valence-electron chi connectivity index (χ2n) is 4.91. The van der Waals surface area contributed by atoms with Crippen LogP contribution in [0, 0.1) is 0 Å². The summed E-state index contributed by atoms with van der Waals surface area (Å²) in [6.45, 7) is 0. The number of hydrogen-bond acceptors (Lipinski definition) is 3. The van der Waals surface area contributed by atoms with E-state index >= 15 is 0 Å². The molecule has 0 saturated heterocycles. The van der Waals surface area contributed by atoms with E-state index < -0.39 is 0 Å². The highest BCUT2D eigenvalue weighted by Crippen LogP contribution is 2.23. The first-order valence-corrected chi connectivity index (χ1v) is 7.55. The zero-order valence-electron chi connectivity index (χ0n) is 12.3. The average molecular weight is 319 g/mol. The van der Waals surface area contributed by atoms with Crippen LogP contribution in [0.2, 0.25) is 5.02 Å². The Morgan fingerprint density at radius 2 is 1.55 bits per heavy atom. The molecule has 2 rings (SSSR count). The summed E-state index contributed by atoms with van der Waals surface area (Å²) in [4.78, 5) is 16.2. The monoisotopic (exact) mass is 318 g/mol. The number of phenolic OH excluding ortho intramolecular Hbond substituents is 1. The molecule has 116 valence electrons.